The lowest BCUT2D eigenvalue weighted by atomic mass is 9.92. The number of benzene rings is 1. The molecule has 214 valence electrons. The number of piperazine rings is 1. The van der Waals surface area contributed by atoms with E-state index in [-0.39, 0.29) is 44.4 Å². The largest absolute Gasteiger partial charge is 0.481 e. The first-order valence-electron chi connectivity index (χ1n) is 13.0. The normalized spacial score (nSPS) is 18.1. The van der Waals surface area contributed by atoms with Gasteiger partial charge in [-0.3, -0.25) is 9.69 Å². The molecule has 3 heterocycles. The predicted octanol–water partition coefficient (Wildman–Crippen LogP) is 2.09. The molecule has 2 aliphatic rings. The topological polar surface area (TPSA) is 157 Å². The molecule has 1 atom stereocenters. The number of ether oxygens (including phenoxy) is 1. The van der Waals surface area contributed by atoms with Crippen LogP contribution in [0.5, 0.6) is 0 Å². The number of hydrogen-bond donors (Lipinski definition) is 1. The van der Waals surface area contributed by atoms with Crippen LogP contribution in [0.3, 0.4) is 0 Å². The molecule has 1 amide bonds. The van der Waals surface area contributed by atoms with Crippen molar-refractivity contribution in [3.8, 4) is 6.07 Å². The zero-order valence-electron chi connectivity index (χ0n) is 22.9. The van der Waals surface area contributed by atoms with Gasteiger partial charge in [0, 0.05) is 51.1 Å². The second kappa shape index (κ2) is 11.8. The van der Waals surface area contributed by atoms with Crippen LogP contribution in [0.4, 0.5) is 10.6 Å². The second-order valence-electron chi connectivity index (χ2n) is 10.9. The summed E-state index contributed by atoms with van der Waals surface area (Å²) in [6.07, 6.45) is 1.11. The lowest BCUT2D eigenvalue weighted by molar-refractivity contribution is -0.148. The summed E-state index contributed by atoms with van der Waals surface area (Å²) < 4.78 is 30.5. The Morgan fingerprint density at radius 1 is 1.18 bits per heavy atom. The highest BCUT2D eigenvalue weighted by atomic mass is 32.2. The van der Waals surface area contributed by atoms with Crippen LogP contribution in [0.25, 0.3) is 0 Å². The molecule has 1 aromatic carbocycles. The van der Waals surface area contributed by atoms with E-state index < -0.39 is 33.4 Å². The number of carbonyl (C=O) groups is 2. The van der Waals surface area contributed by atoms with Gasteiger partial charge in [-0.2, -0.15) is 5.26 Å². The highest BCUT2D eigenvalue weighted by Crippen LogP contribution is 2.31. The Morgan fingerprint density at radius 2 is 1.90 bits per heavy atom. The maximum atomic E-state index is 12.9. The monoisotopic (exact) mass is 570 g/mol. The molecule has 0 unspecified atom stereocenters. The van der Waals surface area contributed by atoms with Crippen LogP contribution in [-0.2, 0) is 38.9 Å². The molecule has 1 aromatic heterocycles. The third-order valence-electron chi connectivity index (χ3n) is 7.18. The highest BCUT2D eigenvalue weighted by molar-refractivity contribution is 7.90. The molecule has 0 bridgehead atoms. The number of aromatic nitrogens is 2. The molecular weight excluding hydrogens is 536 g/mol. The summed E-state index contributed by atoms with van der Waals surface area (Å²) in [5.74, 6) is -0.440. The maximum Gasteiger partial charge on any atom is 0.410 e. The fraction of sp³-hybridized carbons (Fsp3) is 0.519. The number of amides is 1. The van der Waals surface area contributed by atoms with Crippen LogP contribution in [0, 0.1) is 16.7 Å². The molecule has 0 radical (unpaired) electrons. The van der Waals surface area contributed by atoms with Crippen LogP contribution in [0.2, 0.25) is 0 Å². The van der Waals surface area contributed by atoms with E-state index in [9.17, 15) is 28.4 Å². The van der Waals surface area contributed by atoms with Gasteiger partial charge in [-0.25, -0.2) is 23.2 Å². The van der Waals surface area contributed by atoms with Gasteiger partial charge in [0.15, 0.2) is 0 Å². The molecule has 13 heteroatoms. The second-order valence-corrected chi connectivity index (χ2v) is 12.8. The number of sulfone groups is 1. The molecule has 0 saturated carbocycles. The number of carbonyl (C=O) groups excluding carboxylic acids is 1. The first-order valence-corrected chi connectivity index (χ1v) is 14.9. The van der Waals surface area contributed by atoms with E-state index in [0.29, 0.717) is 31.0 Å². The van der Waals surface area contributed by atoms with E-state index >= 15 is 0 Å². The van der Waals surface area contributed by atoms with Crippen LogP contribution >= 0.6 is 0 Å². The third kappa shape index (κ3) is 6.68. The fourth-order valence-electron chi connectivity index (χ4n) is 5.00. The minimum Gasteiger partial charge on any atom is -0.481 e. The number of rotatable bonds is 8. The summed E-state index contributed by atoms with van der Waals surface area (Å²) in [7, 11) is -3.74. The number of carboxylic acids is 1. The molecule has 0 spiro atoms. The molecule has 2 aliphatic heterocycles. The summed E-state index contributed by atoms with van der Waals surface area (Å²) in [5.41, 5.74) is 1.21. The molecule has 1 N–H and O–H groups in total. The smallest absolute Gasteiger partial charge is 0.410 e. The van der Waals surface area contributed by atoms with Crippen molar-refractivity contribution in [3.05, 3.63) is 47.2 Å². The first kappa shape index (κ1) is 29.2. The number of nitriles is 1. The van der Waals surface area contributed by atoms with Gasteiger partial charge in [0.2, 0.25) is 15.0 Å². The summed E-state index contributed by atoms with van der Waals surface area (Å²) >= 11 is 0. The van der Waals surface area contributed by atoms with Crippen LogP contribution < -0.4 is 4.90 Å². The minimum absolute atomic E-state index is 0.0706. The zero-order chi connectivity index (χ0) is 29.1. The predicted molar refractivity (Wildman–Crippen MR) is 145 cm³/mol. The molecular formula is C27H34N6O6S. The summed E-state index contributed by atoms with van der Waals surface area (Å²) in [6.45, 7) is 5.46. The van der Waals surface area contributed by atoms with Gasteiger partial charge < -0.3 is 19.6 Å². The molecule has 1 fully saturated rings. The van der Waals surface area contributed by atoms with Crippen LogP contribution in [0.15, 0.2) is 35.5 Å². The van der Waals surface area contributed by atoms with Gasteiger partial charge in [-0.1, -0.05) is 30.3 Å². The standard InChI is InChI=1S/C27H34N6O6S/c1-27(2,24(34)35)18-31-12-10-21-22(16-31)29-25(40(3,37)38)30-23(21)32-13-14-33(20(15-32)9-11-28)26(36)39-17-19-7-5-4-6-8-19/h4-8,20H,9-10,12-18H2,1-3H3,(H,34,35)/t20-/m0/s1. The van der Waals surface area contributed by atoms with E-state index in [1.165, 1.54) is 0 Å². The molecule has 2 aromatic rings. The molecule has 1 saturated heterocycles. The Kier molecular flexibility index (Phi) is 8.60. The van der Waals surface area contributed by atoms with Gasteiger partial charge in [0.1, 0.15) is 12.4 Å². The Balaban J connectivity index is 1.57. The van der Waals surface area contributed by atoms with Crippen molar-refractivity contribution in [1.29, 1.82) is 5.26 Å². The van der Waals surface area contributed by atoms with E-state index in [4.69, 9.17) is 4.74 Å². The summed E-state index contributed by atoms with van der Waals surface area (Å²) in [4.78, 5) is 38.8. The van der Waals surface area contributed by atoms with Crippen LogP contribution in [-0.4, -0.2) is 90.4 Å². The lowest BCUT2D eigenvalue weighted by Gasteiger charge is -2.42. The van der Waals surface area contributed by atoms with Gasteiger partial charge in [-0.05, 0) is 25.8 Å². The average Bonchev–Trinajstić information content (AvgIpc) is 2.91. The highest BCUT2D eigenvalue weighted by Gasteiger charge is 2.36. The Labute approximate surface area is 234 Å². The summed E-state index contributed by atoms with van der Waals surface area (Å²) in [6, 6.07) is 11.0. The number of carboxylic acid groups (broad SMARTS) is 1. The summed E-state index contributed by atoms with van der Waals surface area (Å²) in [5, 5.41) is 18.7. The molecule has 4 rings (SSSR count). The van der Waals surface area contributed by atoms with Gasteiger partial charge in [0.05, 0.1) is 29.6 Å². The zero-order valence-corrected chi connectivity index (χ0v) is 23.7. The number of aliphatic carboxylic acids is 1. The lowest BCUT2D eigenvalue weighted by Crippen LogP contribution is -2.56. The molecule has 12 nitrogen and oxygen atoms in total. The molecule has 40 heavy (non-hydrogen) atoms. The average molecular weight is 571 g/mol. The Morgan fingerprint density at radius 3 is 2.55 bits per heavy atom. The van der Waals surface area contributed by atoms with Crippen molar-refractivity contribution >= 4 is 27.7 Å². The van der Waals surface area contributed by atoms with Gasteiger partial charge in [0.25, 0.3) is 0 Å². The Hall–Kier alpha value is -3.76. The van der Waals surface area contributed by atoms with Crippen LogP contribution in [0.1, 0.15) is 37.1 Å². The van der Waals surface area contributed by atoms with E-state index in [1.807, 2.05) is 40.1 Å². The van der Waals surface area contributed by atoms with Crippen molar-refractivity contribution in [1.82, 2.24) is 19.8 Å². The molecule has 0 aliphatic carbocycles. The Bertz CT molecular complexity index is 1410. The number of nitrogens with zero attached hydrogens (tertiary/aromatic N) is 6. The van der Waals surface area contributed by atoms with E-state index in [2.05, 4.69) is 16.0 Å². The van der Waals surface area contributed by atoms with Crippen molar-refractivity contribution in [3.63, 3.8) is 0 Å². The van der Waals surface area contributed by atoms with Crippen molar-refractivity contribution in [2.75, 3.05) is 43.9 Å². The van der Waals surface area contributed by atoms with Gasteiger partial charge in [-0.15, -0.1) is 0 Å². The van der Waals surface area contributed by atoms with E-state index in [1.54, 1.807) is 18.7 Å². The SMILES string of the molecule is CC(C)(CN1CCc2c(nc(S(C)(=O)=O)nc2N2CCN(C(=O)OCc3ccccc3)[C@@H](CC#N)C2)C1)C(=O)O. The van der Waals surface area contributed by atoms with Crippen molar-refractivity contribution in [2.45, 2.75) is 51.0 Å². The van der Waals surface area contributed by atoms with E-state index in [0.717, 1.165) is 17.4 Å². The van der Waals surface area contributed by atoms with Gasteiger partial charge >= 0.3 is 12.1 Å². The minimum atomic E-state index is -3.74. The fourth-order valence-corrected chi connectivity index (χ4v) is 5.53. The maximum absolute atomic E-state index is 12.9. The number of hydrogen-bond acceptors (Lipinski definition) is 10. The number of anilines is 1. The van der Waals surface area contributed by atoms with Crippen molar-refractivity contribution in [2.24, 2.45) is 5.41 Å². The number of fused-ring (bicyclic) bond motifs is 1. The first-order chi connectivity index (χ1) is 18.9. The van der Waals surface area contributed by atoms with Crippen molar-refractivity contribution < 1.29 is 27.9 Å². The third-order valence-corrected chi connectivity index (χ3v) is 8.03. The quantitative estimate of drug-likeness (QED) is 0.463.